The van der Waals surface area contributed by atoms with Gasteiger partial charge in [0.25, 0.3) is 5.69 Å². The highest BCUT2D eigenvalue weighted by Gasteiger charge is 2.22. The second-order valence-electron chi connectivity index (χ2n) is 7.29. The van der Waals surface area contributed by atoms with Gasteiger partial charge in [-0.2, -0.15) is 5.10 Å². The normalized spacial score (nSPS) is 10.4. The predicted octanol–water partition coefficient (Wildman–Crippen LogP) is 2.93. The van der Waals surface area contributed by atoms with Crippen LogP contribution in [0.25, 0.3) is 0 Å². The number of hydrogen-bond acceptors (Lipinski definition) is 10. The van der Waals surface area contributed by atoms with Crippen LogP contribution in [0.15, 0.2) is 65.8 Å². The van der Waals surface area contributed by atoms with Crippen molar-refractivity contribution >= 4 is 35.4 Å². The van der Waals surface area contributed by atoms with Crippen LogP contribution in [0, 0.1) is 10.1 Å². The summed E-state index contributed by atoms with van der Waals surface area (Å²) in [5.74, 6) is -2.04. The van der Waals surface area contributed by atoms with Gasteiger partial charge in [0.2, 0.25) is 0 Å². The molecule has 3 aromatic carbocycles. The minimum Gasteiger partial charge on any atom is -0.497 e. The van der Waals surface area contributed by atoms with E-state index in [1.165, 1.54) is 76.1 Å². The van der Waals surface area contributed by atoms with Crippen molar-refractivity contribution in [2.24, 2.45) is 5.10 Å². The van der Waals surface area contributed by atoms with E-state index in [0.29, 0.717) is 17.1 Å². The fourth-order valence-electron chi connectivity index (χ4n) is 3.11. The van der Waals surface area contributed by atoms with E-state index in [9.17, 15) is 24.5 Å². The maximum atomic E-state index is 12.5. The number of nitro benzene ring substituents is 1. The second-order valence-corrected chi connectivity index (χ2v) is 7.29. The third-order valence-electron chi connectivity index (χ3n) is 4.95. The Morgan fingerprint density at radius 2 is 1.61 bits per heavy atom. The molecule has 2 amide bonds. The van der Waals surface area contributed by atoms with Gasteiger partial charge in [-0.05, 0) is 42.0 Å². The largest absolute Gasteiger partial charge is 0.497 e. The Morgan fingerprint density at radius 1 is 0.868 bits per heavy atom. The van der Waals surface area contributed by atoms with Gasteiger partial charge in [-0.15, -0.1) is 0 Å². The van der Waals surface area contributed by atoms with Gasteiger partial charge in [-0.25, -0.2) is 10.2 Å². The molecule has 0 heterocycles. The molecule has 0 saturated heterocycles. The van der Waals surface area contributed by atoms with Gasteiger partial charge < -0.3 is 24.3 Å². The van der Waals surface area contributed by atoms with E-state index in [1.807, 2.05) is 0 Å². The van der Waals surface area contributed by atoms with E-state index in [1.54, 1.807) is 12.1 Å². The van der Waals surface area contributed by atoms with Crippen molar-refractivity contribution < 1.29 is 38.3 Å². The summed E-state index contributed by atoms with van der Waals surface area (Å²) in [6.45, 7) is 0. The molecular formula is C25H22N4O9. The molecule has 0 aromatic heterocycles. The molecule has 0 aliphatic carbocycles. The zero-order chi connectivity index (χ0) is 27.7. The number of nitro groups is 1. The molecule has 0 radical (unpaired) electrons. The number of hydrogen-bond donors (Lipinski definition) is 2. The van der Waals surface area contributed by atoms with Crippen LogP contribution in [0.5, 0.6) is 23.0 Å². The molecule has 13 nitrogen and oxygen atoms in total. The summed E-state index contributed by atoms with van der Waals surface area (Å²) in [5, 5.41) is 17.3. The number of hydrazone groups is 1. The summed E-state index contributed by atoms with van der Waals surface area (Å²) >= 11 is 0. The van der Waals surface area contributed by atoms with E-state index >= 15 is 0 Å². The molecule has 3 aromatic rings. The first-order valence-electron chi connectivity index (χ1n) is 10.8. The molecule has 0 aliphatic heterocycles. The van der Waals surface area contributed by atoms with E-state index in [2.05, 4.69) is 15.8 Å². The Balaban J connectivity index is 1.65. The highest BCUT2D eigenvalue weighted by atomic mass is 16.6. The number of rotatable bonds is 9. The van der Waals surface area contributed by atoms with Crippen LogP contribution < -0.4 is 29.7 Å². The number of benzene rings is 3. The Morgan fingerprint density at radius 3 is 2.29 bits per heavy atom. The Bertz CT molecular complexity index is 1410. The molecule has 0 saturated carbocycles. The van der Waals surface area contributed by atoms with E-state index in [0.717, 1.165) is 0 Å². The summed E-state index contributed by atoms with van der Waals surface area (Å²) in [5.41, 5.74) is 2.15. The number of ether oxygens (including phenoxy) is 4. The third-order valence-corrected chi connectivity index (χ3v) is 4.95. The zero-order valence-electron chi connectivity index (χ0n) is 20.4. The highest BCUT2D eigenvalue weighted by Crippen LogP contribution is 2.30. The Kier molecular flexibility index (Phi) is 8.91. The average molecular weight is 522 g/mol. The molecular weight excluding hydrogens is 500 g/mol. The molecule has 0 bridgehead atoms. The Hall–Kier alpha value is -5.46. The van der Waals surface area contributed by atoms with Crippen molar-refractivity contribution in [3.05, 3.63) is 81.9 Å². The lowest BCUT2D eigenvalue weighted by molar-refractivity contribution is -0.385. The lowest BCUT2D eigenvalue weighted by atomic mass is 10.2. The first-order valence-corrected chi connectivity index (χ1v) is 10.8. The Labute approximate surface area is 216 Å². The summed E-state index contributed by atoms with van der Waals surface area (Å²) in [4.78, 5) is 47.3. The van der Waals surface area contributed by atoms with E-state index < -0.39 is 28.4 Å². The van der Waals surface area contributed by atoms with Gasteiger partial charge in [-0.3, -0.25) is 19.7 Å². The zero-order valence-corrected chi connectivity index (χ0v) is 20.4. The molecule has 0 atom stereocenters. The van der Waals surface area contributed by atoms with Gasteiger partial charge >= 0.3 is 17.8 Å². The SMILES string of the molecule is COc1ccc(NC(=O)C(=O)NN=Cc2ccc(OC(=O)c3ccccc3[N+](=O)[O-])c(OC)c2)c(OC)c1. The van der Waals surface area contributed by atoms with Crippen molar-refractivity contribution in [2.45, 2.75) is 0 Å². The maximum absolute atomic E-state index is 12.5. The smallest absolute Gasteiger partial charge is 0.350 e. The number of carbonyl (C=O) groups excluding carboxylic acids is 3. The van der Waals surface area contributed by atoms with Crippen molar-refractivity contribution in [3.63, 3.8) is 0 Å². The molecule has 0 aliphatic rings. The van der Waals surface area contributed by atoms with Gasteiger partial charge in [0.05, 0.1) is 38.2 Å². The monoisotopic (exact) mass is 522 g/mol. The topological polar surface area (TPSA) is 168 Å². The number of methoxy groups -OCH3 is 3. The van der Waals surface area contributed by atoms with Crippen LogP contribution in [0.4, 0.5) is 11.4 Å². The predicted molar refractivity (Wildman–Crippen MR) is 135 cm³/mol. The van der Waals surface area contributed by atoms with Crippen molar-refractivity contribution in [1.82, 2.24) is 5.43 Å². The number of amides is 2. The molecule has 196 valence electrons. The van der Waals surface area contributed by atoms with Crippen LogP contribution in [0.1, 0.15) is 15.9 Å². The minimum atomic E-state index is -1.04. The molecule has 2 N–H and O–H groups in total. The molecule has 3 rings (SSSR count). The number of para-hydroxylation sites is 1. The quantitative estimate of drug-likeness (QED) is 0.107. The second kappa shape index (κ2) is 12.5. The van der Waals surface area contributed by atoms with Crippen LogP contribution in [-0.4, -0.2) is 50.3 Å². The van der Waals surface area contributed by atoms with E-state index in [-0.39, 0.29) is 22.7 Å². The molecule has 0 spiro atoms. The van der Waals surface area contributed by atoms with Gasteiger partial charge in [0, 0.05) is 12.1 Å². The van der Waals surface area contributed by atoms with Crippen LogP contribution in [0.2, 0.25) is 0 Å². The van der Waals surface area contributed by atoms with Crippen LogP contribution >= 0.6 is 0 Å². The van der Waals surface area contributed by atoms with Crippen LogP contribution in [-0.2, 0) is 9.59 Å². The number of esters is 1. The lowest BCUT2D eigenvalue weighted by Crippen LogP contribution is -2.32. The minimum absolute atomic E-state index is 0.00431. The summed E-state index contributed by atoms with van der Waals surface area (Å²) in [6.07, 6.45) is 1.23. The molecule has 38 heavy (non-hydrogen) atoms. The lowest BCUT2D eigenvalue weighted by Gasteiger charge is -2.11. The van der Waals surface area contributed by atoms with Crippen molar-refractivity contribution in [2.75, 3.05) is 26.6 Å². The molecule has 0 unspecified atom stereocenters. The maximum Gasteiger partial charge on any atom is 0.350 e. The fraction of sp³-hybridized carbons (Fsp3) is 0.120. The summed E-state index contributed by atoms with van der Waals surface area (Å²) < 4.78 is 20.8. The third kappa shape index (κ3) is 6.60. The van der Waals surface area contributed by atoms with E-state index in [4.69, 9.17) is 18.9 Å². The van der Waals surface area contributed by atoms with Crippen molar-refractivity contribution in [3.8, 4) is 23.0 Å². The average Bonchev–Trinajstić information content (AvgIpc) is 2.93. The first kappa shape index (κ1) is 27.1. The van der Waals surface area contributed by atoms with Gasteiger partial charge in [0.15, 0.2) is 11.5 Å². The number of nitrogens with one attached hydrogen (secondary N) is 2. The fourth-order valence-corrected chi connectivity index (χ4v) is 3.11. The summed E-state index contributed by atoms with van der Waals surface area (Å²) in [6, 6.07) is 14.3. The highest BCUT2D eigenvalue weighted by molar-refractivity contribution is 6.39. The molecule has 0 fully saturated rings. The van der Waals surface area contributed by atoms with Gasteiger partial charge in [0.1, 0.15) is 17.1 Å². The summed E-state index contributed by atoms with van der Waals surface area (Å²) in [7, 11) is 4.21. The van der Waals surface area contributed by atoms with Gasteiger partial charge in [-0.1, -0.05) is 12.1 Å². The standard InChI is InChI=1S/C25H22N4O9/c1-35-16-9-10-18(21(13-16)36-2)27-23(30)24(31)28-26-14-15-8-11-20(22(12-15)37-3)38-25(32)17-6-4-5-7-19(17)29(33)34/h4-14H,1-3H3,(H,27,30)(H,28,31). The molecule has 13 heteroatoms. The number of carbonyl (C=O) groups is 3. The van der Waals surface area contributed by atoms with Crippen molar-refractivity contribution in [1.29, 1.82) is 0 Å². The first-order chi connectivity index (χ1) is 18.3. The number of nitrogens with zero attached hydrogens (tertiary/aromatic N) is 2. The number of anilines is 1. The van der Waals surface area contributed by atoms with Crippen LogP contribution in [0.3, 0.4) is 0 Å².